The average Bonchev–Trinajstić information content (AvgIpc) is 2.82. The fourth-order valence-corrected chi connectivity index (χ4v) is 2.22. The summed E-state index contributed by atoms with van der Waals surface area (Å²) in [6.45, 7) is 6.46. The van der Waals surface area contributed by atoms with Gasteiger partial charge in [-0.2, -0.15) is 0 Å². The van der Waals surface area contributed by atoms with Crippen LogP contribution in [0.1, 0.15) is 25.1 Å². The maximum atomic E-state index is 13.4. The van der Waals surface area contributed by atoms with Gasteiger partial charge in [-0.3, -0.25) is 0 Å². The van der Waals surface area contributed by atoms with E-state index in [-0.39, 0.29) is 5.82 Å². The van der Waals surface area contributed by atoms with Crippen LogP contribution in [0.4, 0.5) is 4.39 Å². The topological polar surface area (TPSA) is 42.7 Å². The second-order valence-electron chi connectivity index (χ2n) is 5.15. The van der Waals surface area contributed by atoms with E-state index in [1.807, 2.05) is 12.3 Å². The van der Waals surface area contributed by atoms with Crippen molar-refractivity contribution in [2.45, 2.75) is 26.9 Å². The van der Waals surface area contributed by atoms with Crippen LogP contribution < -0.4 is 5.32 Å². The van der Waals surface area contributed by atoms with Gasteiger partial charge in [-0.1, -0.05) is 31.2 Å². The van der Waals surface area contributed by atoms with Gasteiger partial charge in [-0.05, 0) is 40.0 Å². The van der Waals surface area contributed by atoms with Gasteiger partial charge in [0, 0.05) is 6.54 Å². The summed E-state index contributed by atoms with van der Waals surface area (Å²) < 4.78 is 15.6. The minimum atomic E-state index is -0.263. The van der Waals surface area contributed by atoms with Crippen molar-refractivity contribution in [1.82, 2.24) is 20.3 Å². The average molecular weight is 341 g/mol. The molecule has 0 saturated heterocycles. The van der Waals surface area contributed by atoms with Crippen molar-refractivity contribution in [1.29, 1.82) is 0 Å². The fraction of sp³-hybridized carbons (Fsp3) is 0.429. The first-order chi connectivity index (χ1) is 9.56. The largest absolute Gasteiger partial charge is 0.311 e. The molecule has 0 unspecified atom stereocenters. The third-order valence-corrected chi connectivity index (χ3v) is 3.70. The Balaban J connectivity index is 1.97. The van der Waals surface area contributed by atoms with Crippen molar-refractivity contribution in [2.24, 2.45) is 5.92 Å². The van der Waals surface area contributed by atoms with Crippen LogP contribution in [0, 0.1) is 11.7 Å². The van der Waals surface area contributed by atoms with E-state index in [1.165, 1.54) is 6.07 Å². The molecule has 4 nitrogen and oxygen atoms in total. The molecule has 0 spiro atoms. The lowest BCUT2D eigenvalue weighted by atomic mass is 10.2. The first-order valence-corrected chi connectivity index (χ1v) is 7.38. The molecule has 2 aromatic rings. The molecule has 1 heterocycles. The highest BCUT2D eigenvalue weighted by Gasteiger charge is 2.07. The number of halogens is 2. The Bertz CT molecular complexity index is 568. The van der Waals surface area contributed by atoms with Crippen LogP contribution >= 0.6 is 15.9 Å². The third-order valence-electron chi connectivity index (χ3n) is 2.81. The van der Waals surface area contributed by atoms with Crippen LogP contribution in [0.3, 0.4) is 0 Å². The summed E-state index contributed by atoms with van der Waals surface area (Å²) in [5.74, 6) is 0.342. The van der Waals surface area contributed by atoms with E-state index < -0.39 is 0 Å². The number of hydrogen-bond donors (Lipinski definition) is 1. The Morgan fingerprint density at radius 2 is 2.20 bits per heavy atom. The van der Waals surface area contributed by atoms with E-state index in [0.717, 1.165) is 17.8 Å². The van der Waals surface area contributed by atoms with Crippen LogP contribution in [-0.2, 0) is 13.1 Å². The minimum Gasteiger partial charge on any atom is -0.311 e. The summed E-state index contributed by atoms with van der Waals surface area (Å²) in [4.78, 5) is 0. The predicted octanol–water partition coefficient (Wildman–Crippen LogP) is 2.97. The zero-order chi connectivity index (χ0) is 14.5. The molecule has 1 aromatic heterocycles. The van der Waals surface area contributed by atoms with Gasteiger partial charge in [0.2, 0.25) is 0 Å². The molecular weight excluding hydrogens is 323 g/mol. The monoisotopic (exact) mass is 340 g/mol. The molecule has 108 valence electrons. The maximum Gasteiger partial charge on any atom is 0.137 e. The molecule has 0 saturated carbocycles. The Morgan fingerprint density at radius 3 is 2.95 bits per heavy atom. The van der Waals surface area contributed by atoms with Crippen LogP contribution in [0.25, 0.3) is 0 Å². The van der Waals surface area contributed by atoms with E-state index >= 15 is 0 Å². The zero-order valence-electron chi connectivity index (χ0n) is 11.6. The maximum absolute atomic E-state index is 13.4. The Kier molecular flexibility index (Phi) is 5.25. The van der Waals surface area contributed by atoms with Gasteiger partial charge >= 0.3 is 0 Å². The lowest BCUT2D eigenvalue weighted by Gasteiger charge is -2.05. The summed E-state index contributed by atoms with van der Waals surface area (Å²) in [6, 6.07) is 4.99. The first-order valence-electron chi connectivity index (χ1n) is 6.59. The van der Waals surface area contributed by atoms with E-state index in [1.54, 1.807) is 10.7 Å². The zero-order valence-corrected chi connectivity index (χ0v) is 13.2. The molecule has 1 aromatic carbocycles. The highest BCUT2D eigenvalue weighted by Crippen LogP contribution is 2.20. The smallest absolute Gasteiger partial charge is 0.137 e. The molecule has 0 bridgehead atoms. The lowest BCUT2D eigenvalue weighted by Crippen LogP contribution is -2.19. The number of nitrogens with one attached hydrogen (secondary N) is 1. The SMILES string of the molecule is CC(C)CNCc1cn(Cc2cccc(F)c2Br)nn1. The van der Waals surface area contributed by atoms with Gasteiger partial charge < -0.3 is 5.32 Å². The third kappa shape index (κ3) is 4.11. The van der Waals surface area contributed by atoms with Crippen molar-refractivity contribution in [3.8, 4) is 0 Å². The Morgan fingerprint density at radius 1 is 1.40 bits per heavy atom. The number of hydrogen-bond acceptors (Lipinski definition) is 3. The molecule has 0 radical (unpaired) electrons. The molecule has 2 rings (SSSR count). The molecule has 0 aliphatic rings. The molecule has 0 fully saturated rings. The van der Waals surface area contributed by atoms with Crippen LogP contribution in [0.5, 0.6) is 0 Å². The quantitative estimate of drug-likeness (QED) is 0.878. The van der Waals surface area contributed by atoms with E-state index in [0.29, 0.717) is 23.5 Å². The molecule has 0 aliphatic heterocycles. The number of aromatic nitrogens is 3. The van der Waals surface area contributed by atoms with Gasteiger partial charge in [-0.25, -0.2) is 9.07 Å². The Hall–Kier alpha value is -1.27. The summed E-state index contributed by atoms with van der Waals surface area (Å²) in [5, 5.41) is 11.5. The number of benzene rings is 1. The van der Waals surface area contributed by atoms with Gasteiger partial charge in [0.05, 0.1) is 22.9 Å². The van der Waals surface area contributed by atoms with Crippen LogP contribution in [-0.4, -0.2) is 21.5 Å². The normalized spacial score (nSPS) is 11.2. The van der Waals surface area contributed by atoms with E-state index in [2.05, 4.69) is 45.4 Å². The summed E-state index contributed by atoms with van der Waals surface area (Å²) >= 11 is 3.25. The van der Waals surface area contributed by atoms with Crippen molar-refractivity contribution < 1.29 is 4.39 Å². The fourth-order valence-electron chi connectivity index (χ4n) is 1.83. The van der Waals surface area contributed by atoms with Crippen LogP contribution in [0.15, 0.2) is 28.9 Å². The second kappa shape index (κ2) is 6.95. The molecule has 0 amide bonds. The molecule has 20 heavy (non-hydrogen) atoms. The molecule has 0 aliphatic carbocycles. The standard InChI is InChI=1S/C14H18BrFN4/c1-10(2)6-17-7-12-9-20(19-18-12)8-11-4-3-5-13(16)14(11)15/h3-5,9-10,17H,6-8H2,1-2H3. The highest BCUT2D eigenvalue weighted by molar-refractivity contribution is 9.10. The van der Waals surface area contributed by atoms with Crippen molar-refractivity contribution in [3.05, 3.63) is 45.9 Å². The van der Waals surface area contributed by atoms with E-state index in [4.69, 9.17) is 0 Å². The number of rotatable bonds is 6. The Labute approximate surface area is 126 Å². The van der Waals surface area contributed by atoms with Crippen LogP contribution in [0.2, 0.25) is 0 Å². The predicted molar refractivity (Wildman–Crippen MR) is 79.8 cm³/mol. The van der Waals surface area contributed by atoms with Gasteiger partial charge in [-0.15, -0.1) is 5.10 Å². The van der Waals surface area contributed by atoms with Crippen molar-refractivity contribution in [2.75, 3.05) is 6.54 Å². The number of nitrogens with zero attached hydrogens (tertiary/aromatic N) is 3. The summed E-state index contributed by atoms with van der Waals surface area (Å²) in [5.41, 5.74) is 1.73. The summed E-state index contributed by atoms with van der Waals surface area (Å²) in [6.07, 6.45) is 1.88. The molecule has 0 atom stereocenters. The molecular formula is C14H18BrFN4. The highest BCUT2D eigenvalue weighted by atomic mass is 79.9. The first kappa shape index (κ1) is 15.1. The molecule has 6 heteroatoms. The van der Waals surface area contributed by atoms with Crippen molar-refractivity contribution >= 4 is 15.9 Å². The minimum absolute atomic E-state index is 0.263. The van der Waals surface area contributed by atoms with E-state index in [9.17, 15) is 4.39 Å². The second-order valence-corrected chi connectivity index (χ2v) is 5.94. The van der Waals surface area contributed by atoms with Gasteiger partial charge in [0.1, 0.15) is 5.82 Å². The molecule has 1 N–H and O–H groups in total. The van der Waals surface area contributed by atoms with Gasteiger partial charge in [0.25, 0.3) is 0 Å². The van der Waals surface area contributed by atoms with Gasteiger partial charge in [0.15, 0.2) is 0 Å². The summed E-state index contributed by atoms with van der Waals surface area (Å²) in [7, 11) is 0. The van der Waals surface area contributed by atoms with Crippen molar-refractivity contribution in [3.63, 3.8) is 0 Å². The lowest BCUT2D eigenvalue weighted by molar-refractivity contribution is 0.548.